The number of nitrogens with zero attached hydrogens (tertiary/aromatic N) is 1. The van der Waals surface area contributed by atoms with Crippen LogP contribution in [0, 0.1) is 0 Å². The number of carbonyl (C=O) groups excluding carboxylic acids is 1. The average molecular weight is 248 g/mol. The van der Waals surface area contributed by atoms with Crippen LogP contribution in [-0.4, -0.2) is 10.9 Å². The second kappa shape index (κ2) is 5.35. The first-order chi connectivity index (χ1) is 8.66. The first-order valence-electron chi connectivity index (χ1n) is 5.26. The van der Waals surface area contributed by atoms with E-state index in [1.165, 1.54) is 30.5 Å². The van der Waals surface area contributed by atoms with E-state index in [9.17, 15) is 13.6 Å². The molecule has 0 atom stereocenters. The van der Waals surface area contributed by atoms with E-state index < -0.39 is 6.43 Å². The Morgan fingerprint density at radius 1 is 1.17 bits per heavy atom. The summed E-state index contributed by atoms with van der Waals surface area (Å²) in [7, 11) is 0. The standard InChI is InChI=1S/C13H10F2N2O/c14-12(15)9-3-5-11(6-4-9)17-13(18)10-2-1-7-16-8-10/h1-8,12H,(H,17,18). The lowest BCUT2D eigenvalue weighted by molar-refractivity contribution is 0.102. The van der Waals surface area contributed by atoms with Gasteiger partial charge in [-0.3, -0.25) is 9.78 Å². The molecule has 1 aromatic heterocycles. The van der Waals surface area contributed by atoms with Crippen molar-refractivity contribution in [3.05, 3.63) is 59.9 Å². The van der Waals surface area contributed by atoms with Crippen molar-refractivity contribution < 1.29 is 13.6 Å². The number of rotatable bonds is 3. The number of amides is 1. The Kier molecular flexibility index (Phi) is 3.62. The normalized spacial score (nSPS) is 10.4. The largest absolute Gasteiger partial charge is 0.322 e. The Bertz CT molecular complexity index is 526. The molecule has 0 saturated heterocycles. The Morgan fingerprint density at radius 3 is 2.44 bits per heavy atom. The molecule has 0 unspecified atom stereocenters. The molecule has 0 spiro atoms. The zero-order valence-electron chi connectivity index (χ0n) is 9.31. The average Bonchev–Trinajstić information content (AvgIpc) is 2.40. The van der Waals surface area contributed by atoms with Crippen LogP contribution in [0.15, 0.2) is 48.8 Å². The molecule has 92 valence electrons. The molecule has 0 bridgehead atoms. The highest BCUT2D eigenvalue weighted by molar-refractivity contribution is 6.03. The van der Waals surface area contributed by atoms with E-state index in [1.807, 2.05) is 0 Å². The van der Waals surface area contributed by atoms with Crippen molar-refractivity contribution >= 4 is 11.6 Å². The van der Waals surface area contributed by atoms with Crippen molar-refractivity contribution in [1.82, 2.24) is 4.98 Å². The van der Waals surface area contributed by atoms with Gasteiger partial charge in [0.2, 0.25) is 0 Å². The predicted molar refractivity (Wildman–Crippen MR) is 63.6 cm³/mol. The number of alkyl halides is 2. The van der Waals surface area contributed by atoms with E-state index in [4.69, 9.17) is 0 Å². The molecule has 1 aromatic carbocycles. The lowest BCUT2D eigenvalue weighted by atomic mass is 10.2. The third kappa shape index (κ3) is 2.88. The molecule has 0 aliphatic rings. The van der Waals surface area contributed by atoms with E-state index in [-0.39, 0.29) is 11.5 Å². The van der Waals surface area contributed by atoms with Gasteiger partial charge >= 0.3 is 0 Å². The molecule has 0 saturated carbocycles. The van der Waals surface area contributed by atoms with Crippen molar-refractivity contribution in [2.75, 3.05) is 5.32 Å². The number of hydrogen-bond donors (Lipinski definition) is 1. The van der Waals surface area contributed by atoms with Crippen LogP contribution < -0.4 is 5.32 Å². The zero-order valence-corrected chi connectivity index (χ0v) is 9.31. The fourth-order valence-corrected chi connectivity index (χ4v) is 1.41. The minimum atomic E-state index is -2.51. The number of benzene rings is 1. The van der Waals surface area contributed by atoms with E-state index in [1.54, 1.807) is 18.3 Å². The lowest BCUT2D eigenvalue weighted by Gasteiger charge is -2.06. The minimum absolute atomic E-state index is 0.0747. The maximum Gasteiger partial charge on any atom is 0.263 e. The van der Waals surface area contributed by atoms with Gasteiger partial charge in [-0.15, -0.1) is 0 Å². The van der Waals surface area contributed by atoms with Crippen molar-refractivity contribution in [3.63, 3.8) is 0 Å². The highest BCUT2D eigenvalue weighted by Crippen LogP contribution is 2.20. The molecule has 0 aliphatic heterocycles. The molecule has 1 heterocycles. The van der Waals surface area contributed by atoms with Crippen LogP contribution in [0.25, 0.3) is 0 Å². The maximum atomic E-state index is 12.3. The first-order valence-corrected chi connectivity index (χ1v) is 5.26. The number of aromatic nitrogens is 1. The lowest BCUT2D eigenvalue weighted by Crippen LogP contribution is -2.11. The van der Waals surface area contributed by atoms with Gasteiger partial charge in [-0.25, -0.2) is 8.78 Å². The van der Waals surface area contributed by atoms with Gasteiger partial charge in [0.05, 0.1) is 5.56 Å². The molecule has 5 heteroatoms. The Hall–Kier alpha value is -2.30. The summed E-state index contributed by atoms with van der Waals surface area (Å²) in [6.07, 6.45) is 0.491. The van der Waals surface area contributed by atoms with Crippen LogP contribution >= 0.6 is 0 Å². The van der Waals surface area contributed by atoms with Gasteiger partial charge in [-0.1, -0.05) is 12.1 Å². The van der Waals surface area contributed by atoms with E-state index in [0.717, 1.165) is 0 Å². The molecular weight excluding hydrogens is 238 g/mol. The highest BCUT2D eigenvalue weighted by Gasteiger charge is 2.08. The van der Waals surface area contributed by atoms with E-state index >= 15 is 0 Å². The molecule has 2 rings (SSSR count). The number of anilines is 1. The van der Waals surface area contributed by atoms with Gasteiger partial charge in [-0.05, 0) is 24.3 Å². The first kappa shape index (κ1) is 12.2. The molecular formula is C13H10F2N2O. The summed E-state index contributed by atoms with van der Waals surface area (Å²) in [5.74, 6) is -0.326. The van der Waals surface area contributed by atoms with Crippen LogP contribution in [0.1, 0.15) is 22.3 Å². The van der Waals surface area contributed by atoms with E-state index in [2.05, 4.69) is 10.3 Å². The van der Waals surface area contributed by atoms with Crippen LogP contribution in [0.4, 0.5) is 14.5 Å². The van der Waals surface area contributed by atoms with Gasteiger partial charge < -0.3 is 5.32 Å². The van der Waals surface area contributed by atoms with Gasteiger partial charge in [0, 0.05) is 23.6 Å². The number of halogens is 2. The summed E-state index contributed by atoms with van der Waals surface area (Å²) in [6.45, 7) is 0. The summed E-state index contributed by atoms with van der Waals surface area (Å²) < 4.78 is 24.7. The molecule has 1 N–H and O–H groups in total. The summed E-state index contributed by atoms with van der Waals surface area (Å²) in [5.41, 5.74) is 0.804. The molecule has 1 amide bonds. The summed E-state index contributed by atoms with van der Waals surface area (Å²) >= 11 is 0. The number of carbonyl (C=O) groups is 1. The maximum absolute atomic E-state index is 12.3. The Morgan fingerprint density at radius 2 is 1.89 bits per heavy atom. The summed E-state index contributed by atoms with van der Waals surface area (Å²) in [4.78, 5) is 15.6. The fraction of sp³-hybridized carbons (Fsp3) is 0.0769. The third-order valence-electron chi connectivity index (χ3n) is 2.34. The van der Waals surface area contributed by atoms with Gasteiger partial charge in [0.1, 0.15) is 0 Å². The van der Waals surface area contributed by atoms with Gasteiger partial charge in [-0.2, -0.15) is 0 Å². The molecule has 0 aliphatic carbocycles. The SMILES string of the molecule is O=C(Nc1ccc(C(F)F)cc1)c1cccnc1. The Balaban J connectivity index is 2.08. The number of pyridine rings is 1. The number of hydrogen-bond acceptors (Lipinski definition) is 2. The second-order valence-electron chi connectivity index (χ2n) is 3.62. The monoisotopic (exact) mass is 248 g/mol. The molecule has 18 heavy (non-hydrogen) atoms. The predicted octanol–water partition coefficient (Wildman–Crippen LogP) is 3.27. The van der Waals surface area contributed by atoms with Crippen molar-refractivity contribution in [3.8, 4) is 0 Å². The van der Waals surface area contributed by atoms with E-state index in [0.29, 0.717) is 11.3 Å². The minimum Gasteiger partial charge on any atom is -0.322 e. The molecule has 0 radical (unpaired) electrons. The van der Waals surface area contributed by atoms with Crippen LogP contribution in [0.2, 0.25) is 0 Å². The fourth-order valence-electron chi connectivity index (χ4n) is 1.41. The molecule has 0 fully saturated rings. The summed E-state index contributed by atoms with van der Waals surface area (Å²) in [6, 6.07) is 8.71. The van der Waals surface area contributed by atoms with Crippen LogP contribution in [-0.2, 0) is 0 Å². The zero-order chi connectivity index (χ0) is 13.0. The van der Waals surface area contributed by atoms with Crippen molar-refractivity contribution in [2.45, 2.75) is 6.43 Å². The quantitative estimate of drug-likeness (QED) is 0.905. The molecule has 2 aromatic rings. The Labute approximate surface area is 102 Å². The summed E-state index contributed by atoms with van der Waals surface area (Å²) in [5, 5.41) is 2.60. The topological polar surface area (TPSA) is 42.0 Å². The van der Waals surface area contributed by atoms with Gasteiger partial charge in [0.25, 0.3) is 12.3 Å². The van der Waals surface area contributed by atoms with Crippen molar-refractivity contribution in [1.29, 1.82) is 0 Å². The van der Waals surface area contributed by atoms with Gasteiger partial charge in [0.15, 0.2) is 0 Å². The molecule has 3 nitrogen and oxygen atoms in total. The van der Waals surface area contributed by atoms with Crippen LogP contribution in [0.3, 0.4) is 0 Å². The van der Waals surface area contributed by atoms with Crippen molar-refractivity contribution in [2.24, 2.45) is 0 Å². The second-order valence-corrected chi connectivity index (χ2v) is 3.62. The number of nitrogens with one attached hydrogen (secondary N) is 1. The van der Waals surface area contributed by atoms with Crippen LogP contribution in [0.5, 0.6) is 0 Å². The smallest absolute Gasteiger partial charge is 0.263 e. The third-order valence-corrected chi connectivity index (χ3v) is 2.34. The highest BCUT2D eigenvalue weighted by atomic mass is 19.3.